The van der Waals surface area contributed by atoms with Crippen molar-refractivity contribution in [2.75, 3.05) is 14.2 Å². The van der Waals surface area contributed by atoms with Gasteiger partial charge in [0.2, 0.25) is 0 Å². The summed E-state index contributed by atoms with van der Waals surface area (Å²) in [7, 11) is 3.12. The number of nitrogens with zero attached hydrogens (tertiary/aromatic N) is 2. The van der Waals surface area contributed by atoms with Crippen LogP contribution in [0.3, 0.4) is 0 Å². The van der Waals surface area contributed by atoms with Crippen LogP contribution in [-0.4, -0.2) is 38.5 Å². The van der Waals surface area contributed by atoms with Crippen LogP contribution in [0.2, 0.25) is 0 Å². The molecule has 31 heavy (non-hydrogen) atoms. The molecule has 0 unspecified atom stereocenters. The van der Waals surface area contributed by atoms with E-state index in [4.69, 9.17) is 13.9 Å². The Kier molecular flexibility index (Phi) is 7.15. The van der Waals surface area contributed by atoms with Crippen LogP contribution in [0.15, 0.2) is 75.3 Å². The molecule has 1 aromatic heterocycles. The quantitative estimate of drug-likeness (QED) is 0.430. The van der Waals surface area contributed by atoms with Gasteiger partial charge < -0.3 is 13.9 Å². The lowest BCUT2D eigenvalue weighted by atomic mass is 10.2. The molecule has 9 nitrogen and oxygen atoms in total. The van der Waals surface area contributed by atoms with Crippen LogP contribution < -0.4 is 20.3 Å². The van der Waals surface area contributed by atoms with Gasteiger partial charge in [-0.2, -0.15) is 10.2 Å². The van der Waals surface area contributed by atoms with Crippen LogP contribution in [0.5, 0.6) is 11.5 Å². The van der Waals surface area contributed by atoms with Crippen molar-refractivity contribution in [2.45, 2.75) is 0 Å². The molecular formula is C22H20N4O5. The number of ether oxygens (including phenoxy) is 2. The fourth-order valence-corrected chi connectivity index (χ4v) is 2.47. The first kappa shape index (κ1) is 21.3. The number of hydrazone groups is 2. The lowest BCUT2D eigenvalue weighted by Crippen LogP contribution is -2.18. The van der Waals surface area contributed by atoms with E-state index < -0.39 is 11.8 Å². The summed E-state index contributed by atoms with van der Waals surface area (Å²) in [5, 5.41) is 7.74. The number of nitrogens with one attached hydrogen (secondary N) is 2. The molecular weight excluding hydrogens is 400 g/mol. The lowest BCUT2D eigenvalue weighted by Gasteiger charge is -2.00. The first-order valence-corrected chi connectivity index (χ1v) is 9.14. The van der Waals surface area contributed by atoms with Crippen LogP contribution in [0.4, 0.5) is 0 Å². The predicted molar refractivity (Wildman–Crippen MR) is 115 cm³/mol. The standard InChI is InChI=1S/C22H20N4O5/c1-29-17-7-3-5-15(11-17)13-23-25-21(27)19-9-10-20(31-19)22(28)26-24-14-16-6-4-8-18(12-16)30-2/h3-14H,1-2H3,(H,25,27)(H,26,28)/b23-13-,24-14-. The highest BCUT2D eigenvalue weighted by atomic mass is 16.5. The van der Waals surface area contributed by atoms with Gasteiger partial charge in [-0.15, -0.1) is 0 Å². The van der Waals surface area contributed by atoms with E-state index >= 15 is 0 Å². The molecule has 0 fully saturated rings. The largest absolute Gasteiger partial charge is 0.497 e. The minimum Gasteiger partial charge on any atom is -0.497 e. The molecule has 2 aromatic carbocycles. The monoisotopic (exact) mass is 420 g/mol. The molecule has 0 radical (unpaired) electrons. The van der Waals surface area contributed by atoms with E-state index in [9.17, 15) is 9.59 Å². The van der Waals surface area contributed by atoms with Crippen molar-refractivity contribution >= 4 is 24.2 Å². The molecule has 158 valence electrons. The third-order valence-electron chi connectivity index (χ3n) is 4.00. The summed E-state index contributed by atoms with van der Waals surface area (Å²) in [5.74, 6) is 0.0163. The van der Waals surface area contributed by atoms with Gasteiger partial charge in [-0.3, -0.25) is 9.59 Å². The van der Waals surface area contributed by atoms with Gasteiger partial charge in [0.1, 0.15) is 11.5 Å². The van der Waals surface area contributed by atoms with Crippen molar-refractivity contribution in [2.24, 2.45) is 10.2 Å². The molecule has 0 aliphatic carbocycles. The summed E-state index contributed by atoms with van der Waals surface area (Å²) in [6, 6.07) is 17.1. The molecule has 3 rings (SSSR count). The second kappa shape index (κ2) is 10.4. The molecule has 0 saturated heterocycles. The van der Waals surface area contributed by atoms with Gasteiger partial charge >= 0.3 is 11.8 Å². The van der Waals surface area contributed by atoms with E-state index in [1.165, 1.54) is 24.6 Å². The zero-order valence-electron chi connectivity index (χ0n) is 16.9. The van der Waals surface area contributed by atoms with E-state index in [1.807, 2.05) is 0 Å². The molecule has 2 amide bonds. The van der Waals surface area contributed by atoms with Gasteiger partial charge in [0.05, 0.1) is 26.6 Å². The first-order valence-electron chi connectivity index (χ1n) is 9.14. The summed E-state index contributed by atoms with van der Waals surface area (Å²) >= 11 is 0. The smallest absolute Gasteiger partial charge is 0.307 e. The van der Waals surface area contributed by atoms with Crippen molar-refractivity contribution in [3.05, 3.63) is 83.3 Å². The number of rotatable bonds is 8. The molecule has 0 atom stereocenters. The number of carbonyl (C=O) groups excluding carboxylic acids is 2. The highest BCUT2D eigenvalue weighted by Gasteiger charge is 2.15. The van der Waals surface area contributed by atoms with Crippen LogP contribution in [0, 0.1) is 0 Å². The number of methoxy groups -OCH3 is 2. The molecule has 2 N–H and O–H groups in total. The van der Waals surface area contributed by atoms with Gasteiger partial charge in [-0.25, -0.2) is 10.9 Å². The topological polar surface area (TPSA) is 115 Å². The Morgan fingerprint density at radius 1 is 0.774 bits per heavy atom. The third kappa shape index (κ3) is 6.04. The van der Waals surface area contributed by atoms with Gasteiger partial charge in [-0.1, -0.05) is 24.3 Å². The van der Waals surface area contributed by atoms with E-state index in [2.05, 4.69) is 21.1 Å². The van der Waals surface area contributed by atoms with Gasteiger partial charge in [0.15, 0.2) is 11.5 Å². The maximum atomic E-state index is 12.1. The molecule has 1 heterocycles. The average molecular weight is 420 g/mol. The van der Waals surface area contributed by atoms with Crippen molar-refractivity contribution in [3.63, 3.8) is 0 Å². The molecule has 3 aromatic rings. The third-order valence-corrected chi connectivity index (χ3v) is 4.00. The van der Waals surface area contributed by atoms with Crippen LogP contribution in [0.1, 0.15) is 32.2 Å². The minimum absolute atomic E-state index is 0.0651. The Morgan fingerprint density at radius 3 is 1.65 bits per heavy atom. The summed E-state index contributed by atoms with van der Waals surface area (Å²) in [6.07, 6.45) is 2.93. The van der Waals surface area contributed by atoms with E-state index in [1.54, 1.807) is 62.8 Å². The highest BCUT2D eigenvalue weighted by molar-refractivity contribution is 5.96. The second-order valence-electron chi connectivity index (χ2n) is 6.12. The number of benzene rings is 2. The van der Waals surface area contributed by atoms with E-state index in [0.717, 1.165) is 11.1 Å². The number of amides is 2. The lowest BCUT2D eigenvalue weighted by molar-refractivity contribution is 0.0902. The van der Waals surface area contributed by atoms with Crippen LogP contribution in [-0.2, 0) is 0 Å². The van der Waals surface area contributed by atoms with Crippen molar-refractivity contribution in [3.8, 4) is 11.5 Å². The molecule has 0 aliphatic rings. The fourth-order valence-electron chi connectivity index (χ4n) is 2.47. The predicted octanol–water partition coefficient (Wildman–Crippen LogP) is 2.82. The second-order valence-corrected chi connectivity index (χ2v) is 6.12. The van der Waals surface area contributed by atoms with Crippen LogP contribution in [0.25, 0.3) is 0 Å². The van der Waals surface area contributed by atoms with Crippen molar-refractivity contribution < 1.29 is 23.5 Å². The fraction of sp³-hybridized carbons (Fsp3) is 0.0909. The molecule has 0 saturated carbocycles. The SMILES string of the molecule is COc1cccc(/C=N\NC(=O)c2ccc(C(=O)N/N=C\c3cccc(OC)c3)o2)c1. The Morgan fingerprint density at radius 2 is 1.23 bits per heavy atom. The van der Waals surface area contributed by atoms with Gasteiger partial charge in [-0.05, 0) is 47.5 Å². The zero-order valence-corrected chi connectivity index (χ0v) is 16.9. The Balaban J connectivity index is 1.54. The minimum atomic E-state index is -0.599. The summed E-state index contributed by atoms with van der Waals surface area (Å²) < 4.78 is 15.5. The average Bonchev–Trinajstić information content (AvgIpc) is 3.30. The summed E-state index contributed by atoms with van der Waals surface area (Å²) in [4.78, 5) is 24.3. The van der Waals surface area contributed by atoms with Crippen molar-refractivity contribution in [1.29, 1.82) is 0 Å². The maximum absolute atomic E-state index is 12.1. The summed E-state index contributed by atoms with van der Waals surface area (Å²) in [6.45, 7) is 0. The zero-order chi connectivity index (χ0) is 22.1. The number of furan rings is 1. The highest BCUT2D eigenvalue weighted by Crippen LogP contribution is 2.12. The number of hydrogen-bond acceptors (Lipinski definition) is 7. The van der Waals surface area contributed by atoms with E-state index in [-0.39, 0.29) is 11.5 Å². The molecule has 0 spiro atoms. The Bertz CT molecular complexity index is 1030. The van der Waals surface area contributed by atoms with Crippen molar-refractivity contribution in [1.82, 2.24) is 10.9 Å². The number of carbonyl (C=O) groups is 2. The molecule has 9 heteroatoms. The Labute approximate surface area is 178 Å². The number of hydrogen-bond donors (Lipinski definition) is 2. The molecule has 0 bridgehead atoms. The van der Waals surface area contributed by atoms with Gasteiger partial charge in [0, 0.05) is 0 Å². The normalized spacial score (nSPS) is 10.9. The maximum Gasteiger partial charge on any atom is 0.307 e. The Hall–Kier alpha value is -4.40. The summed E-state index contributed by atoms with van der Waals surface area (Å²) in [5.41, 5.74) is 6.16. The van der Waals surface area contributed by atoms with Gasteiger partial charge in [0.25, 0.3) is 0 Å². The van der Waals surface area contributed by atoms with Crippen LogP contribution >= 0.6 is 0 Å². The van der Waals surface area contributed by atoms with E-state index in [0.29, 0.717) is 11.5 Å². The first-order chi connectivity index (χ1) is 15.1. The molecule has 0 aliphatic heterocycles.